The van der Waals surface area contributed by atoms with Crippen LogP contribution in [0.25, 0.3) is 0 Å². The third kappa shape index (κ3) is 1.65. The molecule has 1 unspecified atom stereocenters. The predicted molar refractivity (Wildman–Crippen MR) is 52.5 cm³/mol. The van der Waals surface area contributed by atoms with Crippen LogP contribution in [0.4, 0.5) is 5.82 Å². The van der Waals surface area contributed by atoms with Crippen molar-refractivity contribution in [1.29, 1.82) is 0 Å². The quantitative estimate of drug-likeness (QED) is 0.688. The van der Waals surface area contributed by atoms with Gasteiger partial charge in [0, 0.05) is 36.1 Å². The van der Waals surface area contributed by atoms with Crippen molar-refractivity contribution in [2.45, 2.75) is 19.4 Å². The van der Waals surface area contributed by atoms with Crippen LogP contribution in [0, 0.1) is 0 Å². The van der Waals surface area contributed by atoms with E-state index >= 15 is 0 Å². The molecule has 1 aromatic rings. The maximum Gasteiger partial charge on any atom is 0.151 e. The van der Waals surface area contributed by atoms with Crippen molar-refractivity contribution in [2.24, 2.45) is 0 Å². The molecule has 4 heteroatoms. The number of aromatic nitrogens is 2. The van der Waals surface area contributed by atoms with Crippen molar-refractivity contribution in [1.82, 2.24) is 9.97 Å². The Morgan fingerprint density at radius 2 is 2.38 bits per heavy atom. The normalized spacial score (nSPS) is 21.8. The summed E-state index contributed by atoms with van der Waals surface area (Å²) in [6.07, 6.45) is 7.88. The summed E-state index contributed by atoms with van der Waals surface area (Å²) in [7, 11) is 0. The van der Waals surface area contributed by atoms with Crippen LogP contribution in [0.15, 0.2) is 29.8 Å². The van der Waals surface area contributed by atoms with Crippen LogP contribution in [-0.2, 0) is 0 Å². The third-order valence-corrected chi connectivity index (χ3v) is 2.31. The summed E-state index contributed by atoms with van der Waals surface area (Å²) in [5.74, 6) is 0.852. The number of hydrogen-bond donors (Lipinski definition) is 0. The molecule has 13 heavy (non-hydrogen) atoms. The minimum Gasteiger partial charge on any atom is -0.327 e. The summed E-state index contributed by atoms with van der Waals surface area (Å²) in [6.45, 7) is 2.11. The standard InChI is InChI=1S/C9H10ClN3/c1-7-4-8(10)6-13(7)9-5-11-2-3-12-9/h2-3,5-7H,4H2,1H3. The van der Waals surface area contributed by atoms with Crippen molar-refractivity contribution in [3.05, 3.63) is 29.8 Å². The topological polar surface area (TPSA) is 29.0 Å². The van der Waals surface area contributed by atoms with E-state index in [1.54, 1.807) is 18.6 Å². The van der Waals surface area contributed by atoms with Gasteiger partial charge in [-0.05, 0) is 6.92 Å². The number of halogens is 1. The summed E-state index contributed by atoms with van der Waals surface area (Å²) in [5, 5.41) is 0.873. The highest BCUT2D eigenvalue weighted by molar-refractivity contribution is 6.30. The van der Waals surface area contributed by atoms with Crippen molar-refractivity contribution in [3.8, 4) is 0 Å². The minimum atomic E-state index is 0.379. The van der Waals surface area contributed by atoms with Gasteiger partial charge in [0.25, 0.3) is 0 Å². The predicted octanol–water partition coefficient (Wildman–Crippen LogP) is 2.16. The first kappa shape index (κ1) is 8.51. The summed E-state index contributed by atoms with van der Waals surface area (Å²) < 4.78 is 0. The van der Waals surface area contributed by atoms with E-state index in [0.717, 1.165) is 17.3 Å². The van der Waals surface area contributed by atoms with Gasteiger partial charge in [0.2, 0.25) is 0 Å². The fourth-order valence-electron chi connectivity index (χ4n) is 1.43. The van der Waals surface area contributed by atoms with E-state index in [4.69, 9.17) is 11.6 Å². The first-order valence-electron chi connectivity index (χ1n) is 4.18. The van der Waals surface area contributed by atoms with Crippen molar-refractivity contribution in [2.75, 3.05) is 4.90 Å². The van der Waals surface area contributed by atoms with Crippen molar-refractivity contribution >= 4 is 17.4 Å². The second-order valence-corrected chi connectivity index (χ2v) is 3.59. The van der Waals surface area contributed by atoms with E-state index < -0.39 is 0 Å². The van der Waals surface area contributed by atoms with Gasteiger partial charge in [0.1, 0.15) is 0 Å². The lowest BCUT2D eigenvalue weighted by Crippen LogP contribution is -2.23. The van der Waals surface area contributed by atoms with E-state index in [-0.39, 0.29) is 0 Å². The molecule has 0 N–H and O–H groups in total. The van der Waals surface area contributed by atoms with E-state index in [1.807, 2.05) is 11.1 Å². The number of rotatable bonds is 1. The lowest BCUT2D eigenvalue weighted by Gasteiger charge is -2.19. The first-order valence-corrected chi connectivity index (χ1v) is 4.55. The Morgan fingerprint density at radius 3 is 2.92 bits per heavy atom. The first-order chi connectivity index (χ1) is 6.27. The fourth-order valence-corrected chi connectivity index (χ4v) is 1.76. The smallest absolute Gasteiger partial charge is 0.151 e. The fraction of sp³-hybridized carbons (Fsp3) is 0.333. The summed E-state index contributed by atoms with van der Waals surface area (Å²) >= 11 is 5.92. The molecular formula is C9H10ClN3. The van der Waals surface area contributed by atoms with Crippen LogP contribution in [0.5, 0.6) is 0 Å². The SMILES string of the molecule is CC1CC(Cl)=CN1c1cnccn1. The molecule has 2 rings (SSSR count). The molecule has 68 valence electrons. The van der Waals surface area contributed by atoms with Crippen LogP contribution in [0.2, 0.25) is 0 Å². The van der Waals surface area contributed by atoms with Crippen LogP contribution < -0.4 is 4.90 Å². The van der Waals surface area contributed by atoms with Crippen LogP contribution in [-0.4, -0.2) is 16.0 Å². The molecule has 0 aromatic carbocycles. The van der Waals surface area contributed by atoms with Gasteiger partial charge in [-0.15, -0.1) is 0 Å². The Morgan fingerprint density at radius 1 is 1.54 bits per heavy atom. The van der Waals surface area contributed by atoms with Crippen LogP contribution >= 0.6 is 11.6 Å². The van der Waals surface area contributed by atoms with Crippen LogP contribution in [0.3, 0.4) is 0 Å². The Bertz CT molecular complexity index is 323. The molecule has 0 saturated carbocycles. The maximum absolute atomic E-state index is 5.92. The zero-order chi connectivity index (χ0) is 9.26. The van der Waals surface area contributed by atoms with Crippen molar-refractivity contribution < 1.29 is 0 Å². The minimum absolute atomic E-state index is 0.379. The zero-order valence-electron chi connectivity index (χ0n) is 7.31. The average Bonchev–Trinajstić information content (AvgIpc) is 2.47. The molecule has 0 bridgehead atoms. The Kier molecular flexibility index (Phi) is 2.19. The Labute approximate surface area is 82.1 Å². The van der Waals surface area contributed by atoms with Gasteiger partial charge in [-0.25, -0.2) is 4.98 Å². The number of nitrogens with zero attached hydrogens (tertiary/aromatic N) is 3. The van der Waals surface area contributed by atoms with E-state index in [9.17, 15) is 0 Å². The highest BCUT2D eigenvalue weighted by atomic mass is 35.5. The molecule has 1 atom stereocenters. The molecule has 0 spiro atoms. The highest BCUT2D eigenvalue weighted by Gasteiger charge is 2.21. The molecule has 0 saturated heterocycles. The largest absolute Gasteiger partial charge is 0.327 e. The van der Waals surface area contributed by atoms with Gasteiger partial charge >= 0.3 is 0 Å². The second kappa shape index (κ2) is 3.34. The van der Waals surface area contributed by atoms with Gasteiger partial charge < -0.3 is 4.90 Å². The van der Waals surface area contributed by atoms with Gasteiger partial charge in [0.15, 0.2) is 5.82 Å². The molecular weight excluding hydrogens is 186 g/mol. The van der Waals surface area contributed by atoms with E-state index in [0.29, 0.717) is 6.04 Å². The summed E-state index contributed by atoms with van der Waals surface area (Å²) in [4.78, 5) is 10.3. The molecule has 2 heterocycles. The van der Waals surface area contributed by atoms with E-state index in [2.05, 4.69) is 16.9 Å². The summed E-state index contributed by atoms with van der Waals surface area (Å²) in [6, 6.07) is 0.379. The van der Waals surface area contributed by atoms with Gasteiger partial charge in [-0.3, -0.25) is 4.98 Å². The highest BCUT2D eigenvalue weighted by Crippen LogP contribution is 2.27. The maximum atomic E-state index is 5.92. The number of anilines is 1. The third-order valence-electron chi connectivity index (χ3n) is 2.06. The molecule has 0 radical (unpaired) electrons. The lowest BCUT2D eigenvalue weighted by atomic mass is 10.2. The second-order valence-electron chi connectivity index (χ2n) is 3.10. The Balaban J connectivity index is 2.27. The van der Waals surface area contributed by atoms with E-state index in [1.165, 1.54) is 0 Å². The average molecular weight is 196 g/mol. The molecule has 1 aliphatic heterocycles. The molecule has 1 aliphatic rings. The Hall–Kier alpha value is -1.09. The molecule has 1 aromatic heterocycles. The van der Waals surface area contributed by atoms with Crippen molar-refractivity contribution in [3.63, 3.8) is 0 Å². The lowest BCUT2D eigenvalue weighted by molar-refractivity contribution is 0.745. The molecule has 0 amide bonds. The zero-order valence-corrected chi connectivity index (χ0v) is 8.07. The van der Waals surface area contributed by atoms with Gasteiger partial charge in [-0.2, -0.15) is 0 Å². The molecule has 0 fully saturated rings. The summed E-state index contributed by atoms with van der Waals surface area (Å²) in [5.41, 5.74) is 0. The van der Waals surface area contributed by atoms with Gasteiger partial charge in [-0.1, -0.05) is 11.6 Å². The molecule has 0 aliphatic carbocycles. The van der Waals surface area contributed by atoms with Gasteiger partial charge in [0.05, 0.1) is 6.20 Å². The van der Waals surface area contributed by atoms with Crippen LogP contribution in [0.1, 0.15) is 13.3 Å². The number of hydrogen-bond acceptors (Lipinski definition) is 3. The monoisotopic (exact) mass is 195 g/mol. The molecule has 3 nitrogen and oxygen atoms in total.